The van der Waals surface area contributed by atoms with Gasteiger partial charge in [-0.05, 0) is 43.3 Å². The maximum absolute atomic E-state index is 11.8. The zero-order valence-corrected chi connectivity index (χ0v) is 14.0. The number of nitrogens with zero attached hydrogens (tertiary/aromatic N) is 1. The highest BCUT2D eigenvalue weighted by Crippen LogP contribution is 2.24. The largest absolute Gasteiger partial charge is 0.484 e. The van der Waals surface area contributed by atoms with Gasteiger partial charge in [0, 0.05) is 0 Å². The van der Waals surface area contributed by atoms with Crippen LogP contribution in [0, 0.1) is 6.92 Å². The maximum atomic E-state index is 11.8. The molecule has 0 radical (unpaired) electrons. The number of nitrogens with one attached hydrogen (secondary N) is 2. The minimum Gasteiger partial charge on any atom is -0.484 e. The zero-order valence-electron chi connectivity index (χ0n) is 14.0. The van der Waals surface area contributed by atoms with Crippen LogP contribution in [0.15, 0.2) is 48.5 Å². The third kappa shape index (κ3) is 4.50. The molecule has 1 heterocycles. The van der Waals surface area contributed by atoms with Crippen LogP contribution in [0.3, 0.4) is 0 Å². The number of hydrogen-bond acceptors (Lipinski definition) is 5. The van der Waals surface area contributed by atoms with Gasteiger partial charge in [-0.1, -0.05) is 17.7 Å². The fraction of sp³-hybridized carbons (Fsp3) is 0.167. The minimum absolute atomic E-state index is 0.213. The number of carbonyl (C=O) groups is 3. The lowest BCUT2D eigenvalue weighted by atomic mass is 10.2. The SMILES string of the molecule is Cc1ccc(Oc2ccc(OCC(=O)NN3CC(=O)NC3=O)cc2)cc1. The van der Waals surface area contributed by atoms with Crippen molar-refractivity contribution in [3.05, 3.63) is 54.1 Å². The number of ether oxygens (including phenoxy) is 2. The van der Waals surface area contributed by atoms with Crippen molar-refractivity contribution in [1.29, 1.82) is 0 Å². The molecule has 0 saturated carbocycles. The Balaban J connectivity index is 1.48. The van der Waals surface area contributed by atoms with Crippen LogP contribution < -0.4 is 20.2 Å². The monoisotopic (exact) mass is 355 g/mol. The van der Waals surface area contributed by atoms with Crippen molar-refractivity contribution in [2.24, 2.45) is 0 Å². The molecule has 26 heavy (non-hydrogen) atoms. The predicted octanol–water partition coefficient (Wildman–Crippen LogP) is 1.75. The van der Waals surface area contributed by atoms with Gasteiger partial charge in [-0.15, -0.1) is 0 Å². The molecule has 0 aromatic heterocycles. The summed E-state index contributed by atoms with van der Waals surface area (Å²) < 4.78 is 11.1. The highest BCUT2D eigenvalue weighted by molar-refractivity contribution is 6.02. The number of urea groups is 1. The molecule has 1 aliphatic rings. The fourth-order valence-electron chi connectivity index (χ4n) is 2.21. The van der Waals surface area contributed by atoms with Crippen LogP contribution in [-0.2, 0) is 9.59 Å². The minimum atomic E-state index is -0.666. The number of carbonyl (C=O) groups excluding carboxylic acids is 3. The summed E-state index contributed by atoms with van der Waals surface area (Å²) in [5, 5.41) is 2.95. The molecular formula is C18H17N3O5. The summed E-state index contributed by atoms with van der Waals surface area (Å²) in [6.07, 6.45) is 0. The molecular weight excluding hydrogens is 338 g/mol. The van der Waals surface area contributed by atoms with Crippen LogP contribution in [0.2, 0.25) is 0 Å². The molecule has 1 saturated heterocycles. The first-order chi connectivity index (χ1) is 12.5. The Hall–Kier alpha value is -3.55. The molecule has 8 heteroatoms. The molecule has 3 rings (SSSR count). The van der Waals surface area contributed by atoms with Gasteiger partial charge in [0.15, 0.2) is 6.61 Å². The molecule has 8 nitrogen and oxygen atoms in total. The van der Waals surface area contributed by atoms with E-state index in [-0.39, 0.29) is 13.2 Å². The maximum Gasteiger partial charge on any atom is 0.343 e. The van der Waals surface area contributed by atoms with E-state index in [9.17, 15) is 14.4 Å². The van der Waals surface area contributed by atoms with E-state index in [1.807, 2.05) is 31.2 Å². The smallest absolute Gasteiger partial charge is 0.343 e. The summed E-state index contributed by atoms with van der Waals surface area (Å²) in [6, 6.07) is 13.8. The number of imide groups is 1. The quantitative estimate of drug-likeness (QED) is 0.770. The van der Waals surface area contributed by atoms with Crippen LogP contribution in [0.25, 0.3) is 0 Å². The predicted molar refractivity (Wildman–Crippen MR) is 91.6 cm³/mol. The number of aryl methyl sites for hydroxylation is 1. The molecule has 2 aromatic rings. The third-order valence-corrected chi connectivity index (χ3v) is 3.50. The van der Waals surface area contributed by atoms with E-state index in [2.05, 4.69) is 10.7 Å². The van der Waals surface area contributed by atoms with Gasteiger partial charge in [0.2, 0.25) is 5.91 Å². The molecule has 1 fully saturated rings. The second kappa shape index (κ2) is 7.56. The van der Waals surface area contributed by atoms with Gasteiger partial charge in [-0.3, -0.25) is 20.3 Å². The molecule has 0 aliphatic carbocycles. The van der Waals surface area contributed by atoms with E-state index in [4.69, 9.17) is 9.47 Å². The Labute approximate surface area is 149 Å². The van der Waals surface area contributed by atoms with Gasteiger partial charge in [0.05, 0.1) is 0 Å². The highest BCUT2D eigenvalue weighted by Gasteiger charge is 2.28. The van der Waals surface area contributed by atoms with Gasteiger partial charge in [-0.2, -0.15) is 0 Å². The second-order valence-electron chi connectivity index (χ2n) is 5.65. The van der Waals surface area contributed by atoms with E-state index >= 15 is 0 Å². The van der Waals surface area contributed by atoms with Crippen LogP contribution in [0.5, 0.6) is 17.2 Å². The molecule has 2 N–H and O–H groups in total. The zero-order chi connectivity index (χ0) is 18.5. The summed E-state index contributed by atoms with van der Waals surface area (Å²) in [5.74, 6) is 0.813. The molecule has 0 spiro atoms. The fourth-order valence-corrected chi connectivity index (χ4v) is 2.21. The molecule has 134 valence electrons. The molecule has 0 atom stereocenters. The normalized spacial score (nSPS) is 13.3. The Morgan fingerprint density at radius 2 is 1.62 bits per heavy atom. The number of benzene rings is 2. The summed E-state index contributed by atoms with van der Waals surface area (Å²) in [4.78, 5) is 34.1. The Morgan fingerprint density at radius 1 is 1.04 bits per heavy atom. The molecule has 1 aliphatic heterocycles. The topological polar surface area (TPSA) is 97.0 Å². The summed E-state index contributed by atoms with van der Waals surface area (Å²) in [7, 11) is 0. The summed E-state index contributed by atoms with van der Waals surface area (Å²) in [6.45, 7) is 1.49. The van der Waals surface area contributed by atoms with E-state index < -0.39 is 17.8 Å². The van der Waals surface area contributed by atoms with Crippen LogP contribution >= 0.6 is 0 Å². The number of amides is 4. The lowest BCUT2D eigenvalue weighted by molar-refractivity contribution is -0.127. The Bertz CT molecular complexity index is 818. The standard InChI is InChI=1S/C18H17N3O5/c1-12-2-4-14(5-3-12)26-15-8-6-13(7-9-15)25-11-17(23)20-21-10-16(22)19-18(21)24/h2-9H,10-11H2,1H3,(H,20,23)(H,19,22,24). The van der Waals surface area contributed by atoms with E-state index in [1.54, 1.807) is 24.3 Å². The van der Waals surface area contributed by atoms with Crippen LogP contribution in [0.1, 0.15) is 5.56 Å². The molecule has 0 unspecified atom stereocenters. The van der Waals surface area contributed by atoms with Crippen LogP contribution in [-0.4, -0.2) is 36.0 Å². The van der Waals surface area contributed by atoms with Crippen molar-refractivity contribution in [1.82, 2.24) is 15.8 Å². The molecule has 0 bridgehead atoms. The van der Waals surface area contributed by atoms with Gasteiger partial charge in [0.1, 0.15) is 23.8 Å². The van der Waals surface area contributed by atoms with Gasteiger partial charge in [0.25, 0.3) is 5.91 Å². The van der Waals surface area contributed by atoms with E-state index in [1.165, 1.54) is 0 Å². The third-order valence-electron chi connectivity index (χ3n) is 3.50. The van der Waals surface area contributed by atoms with Crippen LogP contribution in [0.4, 0.5) is 4.79 Å². The summed E-state index contributed by atoms with van der Waals surface area (Å²) >= 11 is 0. The van der Waals surface area contributed by atoms with Gasteiger partial charge in [-0.25, -0.2) is 9.80 Å². The van der Waals surface area contributed by atoms with Crippen molar-refractivity contribution in [2.75, 3.05) is 13.2 Å². The number of hydrazine groups is 1. The van der Waals surface area contributed by atoms with Crippen molar-refractivity contribution in [2.45, 2.75) is 6.92 Å². The summed E-state index contributed by atoms with van der Waals surface area (Å²) in [5.41, 5.74) is 3.44. The average Bonchev–Trinajstić information content (AvgIpc) is 2.93. The lowest BCUT2D eigenvalue weighted by Crippen LogP contribution is -2.46. The number of rotatable bonds is 6. The van der Waals surface area contributed by atoms with E-state index in [0.717, 1.165) is 16.3 Å². The second-order valence-corrected chi connectivity index (χ2v) is 5.65. The molecule has 4 amide bonds. The highest BCUT2D eigenvalue weighted by atomic mass is 16.5. The first-order valence-corrected chi connectivity index (χ1v) is 7.88. The van der Waals surface area contributed by atoms with Crippen molar-refractivity contribution in [3.63, 3.8) is 0 Å². The first kappa shape index (κ1) is 17.3. The van der Waals surface area contributed by atoms with Crippen molar-refractivity contribution < 1.29 is 23.9 Å². The van der Waals surface area contributed by atoms with Gasteiger partial charge < -0.3 is 9.47 Å². The van der Waals surface area contributed by atoms with E-state index in [0.29, 0.717) is 11.5 Å². The Kier molecular flexibility index (Phi) is 5.02. The van der Waals surface area contributed by atoms with Crippen molar-refractivity contribution >= 4 is 17.8 Å². The molecule has 2 aromatic carbocycles. The average molecular weight is 355 g/mol. The van der Waals surface area contributed by atoms with Crippen molar-refractivity contribution in [3.8, 4) is 17.2 Å². The first-order valence-electron chi connectivity index (χ1n) is 7.88. The lowest BCUT2D eigenvalue weighted by Gasteiger charge is -2.14. The Morgan fingerprint density at radius 3 is 2.19 bits per heavy atom. The van der Waals surface area contributed by atoms with Gasteiger partial charge >= 0.3 is 6.03 Å². The number of hydrogen-bond donors (Lipinski definition) is 2.